The zero-order chi connectivity index (χ0) is 28.3. The highest BCUT2D eigenvalue weighted by Gasteiger charge is 2.43. The maximum absolute atomic E-state index is 13.7. The van der Waals surface area contributed by atoms with Gasteiger partial charge in [0, 0.05) is 22.8 Å². The second-order valence-electron chi connectivity index (χ2n) is 10.4. The molecular formula is C31H38O7. The van der Waals surface area contributed by atoms with Crippen molar-refractivity contribution in [2.45, 2.75) is 66.1 Å². The third kappa shape index (κ3) is 5.89. The van der Waals surface area contributed by atoms with Crippen molar-refractivity contribution in [2.75, 3.05) is 7.11 Å². The van der Waals surface area contributed by atoms with Crippen LogP contribution < -0.4 is 9.47 Å². The summed E-state index contributed by atoms with van der Waals surface area (Å²) in [5, 5.41) is 42.8. The number of hydrogen-bond donors (Lipinski definition) is 4. The van der Waals surface area contributed by atoms with Gasteiger partial charge in [-0.05, 0) is 71.9 Å². The number of aliphatic hydroxyl groups is 1. The molecule has 0 fully saturated rings. The molecule has 38 heavy (non-hydrogen) atoms. The average Bonchev–Trinajstić information content (AvgIpc) is 2.83. The smallest absolute Gasteiger partial charge is 0.202 e. The van der Waals surface area contributed by atoms with Crippen molar-refractivity contribution in [2.24, 2.45) is 5.92 Å². The predicted molar refractivity (Wildman–Crippen MR) is 147 cm³/mol. The van der Waals surface area contributed by atoms with E-state index >= 15 is 0 Å². The molecule has 1 unspecified atom stereocenters. The number of phenolic OH excluding ortho intramolecular Hbond substituents is 3. The summed E-state index contributed by atoms with van der Waals surface area (Å²) in [7, 11) is 1.41. The van der Waals surface area contributed by atoms with Crippen LogP contribution in [0.5, 0.6) is 28.7 Å². The molecule has 0 saturated heterocycles. The van der Waals surface area contributed by atoms with Crippen molar-refractivity contribution in [3.05, 3.63) is 75.9 Å². The van der Waals surface area contributed by atoms with Crippen molar-refractivity contribution >= 4 is 5.78 Å². The van der Waals surface area contributed by atoms with Gasteiger partial charge >= 0.3 is 0 Å². The summed E-state index contributed by atoms with van der Waals surface area (Å²) < 4.78 is 11.9. The number of fused-ring (bicyclic) bond motifs is 1. The van der Waals surface area contributed by atoms with E-state index in [1.165, 1.54) is 19.2 Å². The number of ketones is 1. The number of phenols is 3. The molecule has 7 nitrogen and oxygen atoms in total. The van der Waals surface area contributed by atoms with Crippen LogP contribution in [0.3, 0.4) is 0 Å². The van der Waals surface area contributed by atoms with Gasteiger partial charge in [0.05, 0.1) is 7.11 Å². The van der Waals surface area contributed by atoms with Crippen LogP contribution in [0.15, 0.2) is 53.6 Å². The predicted octanol–water partition coefficient (Wildman–Crippen LogP) is 6.09. The molecule has 2 aromatic carbocycles. The SMILES string of the molecule is C=C(C)C(CC=C(C)C)Cc1c(O)c(CC=C(C)C)c(OC)c2c1O[C@H](c1ccc(O)cc1O)[C@@H](O)C2=O. The Balaban J connectivity index is 2.29. The average molecular weight is 523 g/mol. The Morgan fingerprint density at radius 3 is 2.29 bits per heavy atom. The normalized spacial score (nSPS) is 17.2. The van der Waals surface area contributed by atoms with Crippen LogP contribution in [0.4, 0.5) is 0 Å². The summed E-state index contributed by atoms with van der Waals surface area (Å²) in [6.07, 6.45) is 2.44. The van der Waals surface area contributed by atoms with Crippen molar-refractivity contribution in [3.63, 3.8) is 0 Å². The molecule has 0 spiro atoms. The summed E-state index contributed by atoms with van der Waals surface area (Å²) in [5.41, 5.74) is 4.12. The molecule has 1 heterocycles. The fraction of sp³-hybridized carbons (Fsp3) is 0.387. The van der Waals surface area contributed by atoms with Crippen LogP contribution >= 0.6 is 0 Å². The van der Waals surface area contributed by atoms with Gasteiger partial charge in [-0.2, -0.15) is 0 Å². The fourth-order valence-electron chi connectivity index (χ4n) is 4.63. The van der Waals surface area contributed by atoms with E-state index in [4.69, 9.17) is 9.47 Å². The third-order valence-corrected chi connectivity index (χ3v) is 6.82. The van der Waals surface area contributed by atoms with E-state index in [0.717, 1.165) is 22.8 Å². The third-order valence-electron chi connectivity index (χ3n) is 6.82. The number of hydrogen-bond acceptors (Lipinski definition) is 7. The first-order chi connectivity index (χ1) is 17.9. The van der Waals surface area contributed by atoms with E-state index in [9.17, 15) is 25.2 Å². The lowest BCUT2D eigenvalue weighted by atomic mass is 9.83. The van der Waals surface area contributed by atoms with Crippen LogP contribution in [0.2, 0.25) is 0 Å². The first-order valence-corrected chi connectivity index (χ1v) is 12.6. The van der Waals surface area contributed by atoms with Crippen molar-refractivity contribution in [3.8, 4) is 28.7 Å². The summed E-state index contributed by atoms with van der Waals surface area (Å²) in [5.74, 6) is -0.988. The molecule has 3 rings (SSSR count). The standard InChI is InChI=1S/C31H38O7/c1-16(2)8-10-19(18(5)6)14-23-26(34)22(12-9-17(3)4)29(37-7)25-27(35)28(36)31(38-30(23)25)21-13-11-20(32)15-24(21)33/h8-9,11,13,15,19,28,31-34,36H,5,10,12,14H2,1-4,6-7H3/t19?,28-,31+/m0/s1. The Morgan fingerprint density at radius 2 is 1.74 bits per heavy atom. The molecule has 0 radical (unpaired) electrons. The van der Waals surface area contributed by atoms with Gasteiger partial charge in [0.15, 0.2) is 12.2 Å². The highest BCUT2D eigenvalue weighted by Crippen LogP contribution is 2.50. The van der Waals surface area contributed by atoms with Crippen molar-refractivity contribution < 1.29 is 34.7 Å². The number of allylic oxidation sites excluding steroid dienone is 5. The molecule has 0 saturated carbocycles. The number of methoxy groups -OCH3 is 1. The Bertz CT molecular complexity index is 1290. The largest absolute Gasteiger partial charge is 0.508 e. The van der Waals surface area contributed by atoms with E-state index in [2.05, 4.69) is 12.7 Å². The van der Waals surface area contributed by atoms with Gasteiger partial charge in [-0.25, -0.2) is 0 Å². The monoisotopic (exact) mass is 522 g/mol. The molecule has 4 N–H and O–H groups in total. The summed E-state index contributed by atoms with van der Waals surface area (Å²) in [4.78, 5) is 13.7. The molecule has 0 aliphatic carbocycles. The lowest BCUT2D eigenvalue weighted by molar-refractivity contribution is 0.0197. The Labute approximate surface area is 224 Å². The van der Waals surface area contributed by atoms with Gasteiger partial charge < -0.3 is 29.9 Å². The van der Waals surface area contributed by atoms with Gasteiger partial charge in [0.1, 0.15) is 34.3 Å². The van der Waals surface area contributed by atoms with Gasteiger partial charge in [-0.3, -0.25) is 4.79 Å². The van der Waals surface area contributed by atoms with Gasteiger partial charge in [-0.1, -0.05) is 35.5 Å². The topological polar surface area (TPSA) is 116 Å². The number of carbonyl (C=O) groups is 1. The molecule has 2 aromatic rings. The summed E-state index contributed by atoms with van der Waals surface area (Å²) in [6.45, 7) is 14.0. The van der Waals surface area contributed by atoms with Crippen LogP contribution in [-0.4, -0.2) is 39.4 Å². The summed E-state index contributed by atoms with van der Waals surface area (Å²) >= 11 is 0. The Kier molecular flexibility index (Phi) is 8.94. The molecule has 0 aromatic heterocycles. The molecule has 1 aliphatic heterocycles. The maximum atomic E-state index is 13.7. The minimum atomic E-state index is -1.65. The van der Waals surface area contributed by atoms with Crippen LogP contribution in [0, 0.1) is 5.92 Å². The summed E-state index contributed by atoms with van der Waals surface area (Å²) in [6, 6.07) is 3.84. The number of rotatable bonds is 9. The number of Topliss-reactive ketones (excluding diaryl/α,β-unsaturated/α-hetero) is 1. The second-order valence-corrected chi connectivity index (χ2v) is 10.4. The van der Waals surface area contributed by atoms with Gasteiger partial charge in [0.25, 0.3) is 0 Å². The van der Waals surface area contributed by atoms with Crippen molar-refractivity contribution in [1.29, 1.82) is 0 Å². The van der Waals surface area contributed by atoms with Crippen LogP contribution in [0.25, 0.3) is 0 Å². The first-order valence-electron chi connectivity index (χ1n) is 12.6. The van der Waals surface area contributed by atoms with E-state index in [1.54, 1.807) is 0 Å². The fourth-order valence-corrected chi connectivity index (χ4v) is 4.63. The Hall–Kier alpha value is -3.71. The molecule has 3 atom stereocenters. The molecule has 7 heteroatoms. The van der Waals surface area contributed by atoms with Gasteiger partial charge in [0.2, 0.25) is 5.78 Å². The van der Waals surface area contributed by atoms with Crippen LogP contribution in [-0.2, 0) is 12.8 Å². The zero-order valence-corrected chi connectivity index (χ0v) is 23.0. The molecule has 1 aliphatic rings. The van der Waals surface area contributed by atoms with E-state index in [1.807, 2.05) is 40.7 Å². The lowest BCUT2D eigenvalue weighted by Gasteiger charge is -2.34. The maximum Gasteiger partial charge on any atom is 0.202 e. The molecule has 0 amide bonds. The van der Waals surface area contributed by atoms with Crippen LogP contribution in [0.1, 0.15) is 74.2 Å². The highest BCUT2D eigenvalue weighted by atomic mass is 16.5. The first kappa shape index (κ1) is 28.9. The highest BCUT2D eigenvalue weighted by molar-refractivity contribution is 6.07. The minimum Gasteiger partial charge on any atom is -0.508 e. The Morgan fingerprint density at radius 1 is 1.08 bits per heavy atom. The van der Waals surface area contributed by atoms with Gasteiger partial charge in [-0.15, -0.1) is 0 Å². The molecular weight excluding hydrogens is 484 g/mol. The number of benzene rings is 2. The second kappa shape index (κ2) is 11.8. The zero-order valence-electron chi connectivity index (χ0n) is 23.0. The molecule has 204 valence electrons. The number of carbonyl (C=O) groups excluding carboxylic acids is 1. The quantitative estimate of drug-likeness (QED) is 0.295. The number of aromatic hydroxyl groups is 3. The number of ether oxygens (including phenoxy) is 2. The molecule has 0 bridgehead atoms. The number of aliphatic hydroxyl groups excluding tert-OH is 1. The minimum absolute atomic E-state index is 0.0422. The lowest BCUT2D eigenvalue weighted by Crippen LogP contribution is -2.37. The van der Waals surface area contributed by atoms with E-state index in [0.29, 0.717) is 30.4 Å². The van der Waals surface area contributed by atoms with E-state index < -0.39 is 18.0 Å². The van der Waals surface area contributed by atoms with Crippen molar-refractivity contribution in [1.82, 2.24) is 0 Å². The van der Waals surface area contributed by atoms with E-state index in [-0.39, 0.29) is 45.8 Å².